The van der Waals surface area contributed by atoms with E-state index in [4.69, 9.17) is 9.84 Å². The van der Waals surface area contributed by atoms with Crippen LogP contribution in [0, 0.1) is 17.6 Å². The maximum atomic E-state index is 13.2. The Hall–Kier alpha value is -1.69. The lowest BCUT2D eigenvalue weighted by Gasteiger charge is -2.19. The zero-order valence-electron chi connectivity index (χ0n) is 10.8. The molecule has 0 bridgehead atoms. The van der Waals surface area contributed by atoms with E-state index in [2.05, 4.69) is 5.32 Å². The van der Waals surface area contributed by atoms with Gasteiger partial charge in [-0.25, -0.2) is 8.78 Å². The number of benzene rings is 1. The number of rotatable bonds is 6. The Labute approximate surface area is 110 Å². The smallest absolute Gasteiger partial charge is 0.258 e. The first-order chi connectivity index (χ1) is 8.93. The van der Waals surface area contributed by atoms with E-state index >= 15 is 0 Å². The van der Waals surface area contributed by atoms with E-state index in [1.165, 1.54) is 0 Å². The summed E-state index contributed by atoms with van der Waals surface area (Å²) < 4.78 is 30.8. The number of amides is 1. The van der Waals surface area contributed by atoms with Crippen molar-refractivity contribution in [3.63, 3.8) is 0 Å². The molecule has 2 atom stereocenters. The van der Waals surface area contributed by atoms with Crippen LogP contribution in [0.1, 0.15) is 13.8 Å². The van der Waals surface area contributed by atoms with Gasteiger partial charge in [-0.15, -0.1) is 0 Å². The molecule has 0 spiro atoms. The van der Waals surface area contributed by atoms with E-state index < -0.39 is 17.5 Å². The third-order valence-corrected chi connectivity index (χ3v) is 2.78. The summed E-state index contributed by atoms with van der Waals surface area (Å²) in [6, 6.07) is 2.63. The van der Waals surface area contributed by atoms with Gasteiger partial charge in [-0.05, 0) is 25.0 Å². The van der Waals surface area contributed by atoms with Crippen molar-refractivity contribution in [2.24, 2.45) is 5.92 Å². The van der Waals surface area contributed by atoms with Crippen LogP contribution in [0.2, 0.25) is 0 Å². The minimum absolute atomic E-state index is 0.0467. The highest BCUT2D eigenvalue weighted by molar-refractivity contribution is 5.77. The number of hydrogen-bond acceptors (Lipinski definition) is 3. The number of halogens is 2. The molecule has 1 rings (SSSR count). The van der Waals surface area contributed by atoms with Gasteiger partial charge < -0.3 is 15.2 Å². The van der Waals surface area contributed by atoms with Crippen LogP contribution in [0.5, 0.6) is 5.75 Å². The molecule has 2 N–H and O–H groups in total. The molecule has 0 aromatic heterocycles. The molecule has 0 fully saturated rings. The van der Waals surface area contributed by atoms with Gasteiger partial charge in [-0.1, -0.05) is 6.92 Å². The summed E-state index contributed by atoms with van der Waals surface area (Å²) in [6.45, 7) is 3.11. The molecule has 0 saturated heterocycles. The molecule has 0 saturated carbocycles. The van der Waals surface area contributed by atoms with Gasteiger partial charge in [0.15, 0.2) is 18.2 Å². The van der Waals surface area contributed by atoms with Crippen molar-refractivity contribution in [2.75, 3.05) is 13.2 Å². The minimum Gasteiger partial charge on any atom is -0.481 e. The lowest BCUT2D eigenvalue weighted by molar-refractivity contribution is -0.124. The van der Waals surface area contributed by atoms with Crippen LogP contribution >= 0.6 is 0 Å². The number of hydrogen-bond donors (Lipinski definition) is 2. The highest BCUT2D eigenvalue weighted by Gasteiger charge is 2.14. The van der Waals surface area contributed by atoms with Crippen molar-refractivity contribution in [2.45, 2.75) is 19.9 Å². The van der Waals surface area contributed by atoms with Gasteiger partial charge in [0.25, 0.3) is 5.91 Å². The van der Waals surface area contributed by atoms with Crippen molar-refractivity contribution in [1.29, 1.82) is 0 Å². The molecule has 0 aliphatic rings. The van der Waals surface area contributed by atoms with E-state index in [1.54, 1.807) is 13.8 Å². The normalized spacial score (nSPS) is 13.7. The summed E-state index contributed by atoms with van der Waals surface area (Å²) in [6.07, 6.45) is 0. The Morgan fingerprint density at radius 3 is 2.68 bits per heavy atom. The Balaban J connectivity index is 2.46. The van der Waals surface area contributed by atoms with Crippen LogP contribution in [-0.4, -0.2) is 30.3 Å². The van der Waals surface area contributed by atoms with Crippen molar-refractivity contribution in [1.82, 2.24) is 5.32 Å². The molecule has 4 nitrogen and oxygen atoms in total. The van der Waals surface area contributed by atoms with Crippen LogP contribution in [-0.2, 0) is 4.79 Å². The van der Waals surface area contributed by atoms with E-state index in [0.29, 0.717) is 6.07 Å². The van der Waals surface area contributed by atoms with E-state index in [0.717, 1.165) is 12.1 Å². The van der Waals surface area contributed by atoms with E-state index in [-0.39, 0.29) is 30.9 Å². The third-order valence-electron chi connectivity index (χ3n) is 2.78. The van der Waals surface area contributed by atoms with E-state index in [9.17, 15) is 13.6 Å². The molecule has 0 radical (unpaired) electrons. The number of ether oxygens (including phenoxy) is 1. The molecule has 106 valence electrons. The molecular formula is C13H17F2NO3. The van der Waals surface area contributed by atoms with E-state index in [1.807, 2.05) is 0 Å². The van der Waals surface area contributed by atoms with Gasteiger partial charge in [0, 0.05) is 18.7 Å². The minimum atomic E-state index is -0.857. The molecule has 0 aliphatic heterocycles. The second-order valence-electron chi connectivity index (χ2n) is 4.38. The quantitative estimate of drug-likeness (QED) is 0.825. The maximum absolute atomic E-state index is 13.2. The summed E-state index contributed by atoms with van der Waals surface area (Å²) in [5.41, 5.74) is 0. The monoisotopic (exact) mass is 273 g/mol. The Bertz CT molecular complexity index is 440. The second-order valence-corrected chi connectivity index (χ2v) is 4.38. The maximum Gasteiger partial charge on any atom is 0.258 e. The lowest BCUT2D eigenvalue weighted by atomic mass is 10.1. The average molecular weight is 273 g/mol. The van der Waals surface area contributed by atoms with Gasteiger partial charge in [-0.3, -0.25) is 4.79 Å². The number of carbonyl (C=O) groups is 1. The van der Waals surface area contributed by atoms with Crippen LogP contribution < -0.4 is 10.1 Å². The summed E-state index contributed by atoms with van der Waals surface area (Å²) in [5, 5.41) is 11.5. The first-order valence-corrected chi connectivity index (χ1v) is 5.92. The zero-order chi connectivity index (χ0) is 14.4. The van der Waals surface area contributed by atoms with Crippen molar-refractivity contribution >= 4 is 5.91 Å². The number of aliphatic hydroxyl groups is 1. The summed E-state index contributed by atoms with van der Waals surface area (Å²) in [4.78, 5) is 11.5. The fourth-order valence-electron chi connectivity index (χ4n) is 1.33. The van der Waals surface area contributed by atoms with Crippen molar-refractivity contribution < 1.29 is 23.4 Å². The fourth-order valence-corrected chi connectivity index (χ4v) is 1.33. The Kier molecular flexibility index (Phi) is 5.69. The van der Waals surface area contributed by atoms with Gasteiger partial charge in [0.2, 0.25) is 0 Å². The second kappa shape index (κ2) is 7.04. The highest BCUT2D eigenvalue weighted by atomic mass is 19.1. The molecular weight excluding hydrogens is 256 g/mol. The molecule has 0 aliphatic carbocycles. The Morgan fingerprint density at radius 1 is 1.42 bits per heavy atom. The molecule has 1 aromatic rings. The highest BCUT2D eigenvalue weighted by Crippen LogP contribution is 2.17. The zero-order valence-corrected chi connectivity index (χ0v) is 10.8. The van der Waals surface area contributed by atoms with Gasteiger partial charge >= 0.3 is 0 Å². The lowest BCUT2D eigenvalue weighted by Crippen LogP contribution is -2.40. The molecule has 1 aromatic carbocycles. The number of carbonyl (C=O) groups excluding carboxylic acids is 1. The molecule has 2 unspecified atom stereocenters. The van der Waals surface area contributed by atoms with Crippen LogP contribution in [0.4, 0.5) is 8.78 Å². The molecule has 6 heteroatoms. The molecule has 19 heavy (non-hydrogen) atoms. The summed E-state index contributed by atoms with van der Waals surface area (Å²) in [5.74, 6) is -2.27. The third kappa shape index (κ3) is 4.82. The average Bonchev–Trinajstić information content (AvgIpc) is 2.36. The van der Waals surface area contributed by atoms with Crippen molar-refractivity contribution in [3.8, 4) is 5.75 Å². The predicted octanol–water partition coefficient (Wildman–Crippen LogP) is 1.48. The fraction of sp³-hybridized carbons (Fsp3) is 0.462. The topological polar surface area (TPSA) is 58.6 Å². The van der Waals surface area contributed by atoms with Crippen molar-refractivity contribution in [3.05, 3.63) is 29.8 Å². The van der Waals surface area contributed by atoms with Crippen LogP contribution in [0.3, 0.4) is 0 Å². The van der Waals surface area contributed by atoms with Crippen LogP contribution in [0.15, 0.2) is 18.2 Å². The van der Waals surface area contributed by atoms with Gasteiger partial charge in [0.05, 0.1) is 0 Å². The first-order valence-electron chi connectivity index (χ1n) is 5.92. The standard InChI is InChI=1S/C13H17F2NO3/c1-8(6-17)9(2)16-13(18)7-19-12-4-3-10(14)5-11(12)15/h3-5,8-9,17H,6-7H2,1-2H3,(H,16,18). The number of aliphatic hydroxyl groups excluding tert-OH is 1. The molecule has 1 amide bonds. The largest absolute Gasteiger partial charge is 0.481 e. The van der Waals surface area contributed by atoms with Crippen LogP contribution in [0.25, 0.3) is 0 Å². The number of nitrogens with one attached hydrogen (secondary N) is 1. The van der Waals surface area contributed by atoms with Gasteiger partial charge in [-0.2, -0.15) is 0 Å². The first kappa shape index (κ1) is 15.4. The molecule has 0 heterocycles. The Morgan fingerprint density at radius 2 is 2.11 bits per heavy atom. The SMILES string of the molecule is CC(CO)C(C)NC(=O)COc1ccc(F)cc1F. The summed E-state index contributed by atoms with van der Waals surface area (Å²) >= 11 is 0. The summed E-state index contributed by atoms with van der Waals surface area (Å²) in [7, 11) is 0. The van der Waals surface area contributed by atoms with Gasteiger partial charge in [0.1, 0.15) is 5.82 Å². The predicted molar refractivity (Wildman–Crippen MR) is 65.7 cm³/mol.